The third-order valence-electron chi connectivity index (χ3n) is 3.55. The number of benzene rings is 1. The number of hydrogen-bond acceptors (Lipinski definition) is 4. The molecule has 0 aliphatic heterocycles. The summed E-state index contributed by atoms with van der Waals surface area (Å²) in [6.45, 7) is 0.118. The van der Waals surface area contributed by atoms with Crippen LogP contribution in [0.5, 0.6) is 0 Å². The molecule has 0 radical (unpaired) electrons. The summed E-state index contributed by atoms with van der Waals surface area (Å²) in [5.41, 5.74) is 5.70. The van der Waals surface area contributed by atoms with Crippen molar-refractivity contribution in [3.63, 3.8) is 0 Å². The van der Waals surface area contributed by atoms with Crippen LogP contribution in [0.1, 0.15) is 18.4 Å². The Kier molecular flexibility index (Phi) is 6.32. The fraction of sp³-hybridized carbons (Fsp3) is 0.467. The molecule has 0 aromatic heterocycles. The lowest BCUT2D eigenvalue weighted by atomic mass is 10.2. The number of hydrogen-bond donors (Lipinski definition) is 3. The molecule has 23 heavy (non-hydrogen) atoms. The number of carbonyl (C=O) groups excluding carboxylic acids is 2. The van der Waals surface area contributed by atoms with Crippen LogP contribution in [0.25, 0.3) is 0 Å². The maximum Gasteiger partial charge on any atom is 0.239 e. The number of nitrogens with zero attached hydrogens (tertiary/aromatic N) is 1. The lowest BCUT2D eigenvalue weighted by Crippen LogP contribution is -2.47. The molecule has 2 amide bonds. The third-order valence-corrected chi connectivity index (χ3v) is 3.84. The summed E-state index contributed by atoms with van der Waals surface area (Å²) >= 11 is 5.70. The topological polar surface area (TPSA) is 73.5 Å². The first-order valence-corrected chi connectivity index (χ1v) is 7.79. The molecule has 1 aliphatic carbocycles. The van der Waals surface area contributed by atoms with E-state index < -0.39 is 5.82 Å². The zero-order valence-corrected chi connectivity index (χ0v) is 13.6. The van der Waals surface area contributed by atoms with Gasteiger partial charge in [0.05, 0.1) is 18.1 Å². The van der Waals surface area contributed by atoms with Gasteiger partial charge in [-0.25, -0.2) is 9.82 Å². The SMILES string of the molecule is CNNCC(=O)N(CC(=O)NCc1cccc(Cl)c1F)C1CC1. The zero-order valence-electron chi connectivity index (χ0n) is 12.9. The molecular weight excluding hydrogens is 323 g/mol. The van der Waals surface area contributed by atoms with Crippen molar-refractivity contribution in [2.24, 2.45) is 0 Å². The van der Waals surface area contributed by atoms with E-state index >= 15 is 0 Å². The van der Waals surface area contributed by atoms with E-state index in [1.54, 1.807) is 24.1 Å². The van der Waals surface area contributed by atoms with E-state index in [1.807, 2.05) is 0 Å². The smallest absolute Gasteiger partial charge is 0.239 e. The molecule has 1 fully saturated rings. The summed E-state index contributed by atoms with van der Waals surface area (Å²) in [5.74, 6) is -1.01. The molecule has 1 saturated carbocycles. The first kappa shape index (κ1) is 17.7. The van der Waals surface area contributed by atoms with Gasteiger partial charge in [0.1, 0.15) is 5.82 Å². The van der Waals surface area contributed by atoms with Gasteiger partial charge in [-0.05, 0) is 26.0 Å². The molecule has 0 heterocycles. The van der Waals surface area contributed by atoms with E-state index in [0.717, 1.165) is 12.8 Å². The Morgan fingerprint density at radius 2 is 2.13 bits per heavy atom. The second-order valence-corrected chi connectivity index (χ2v) is 5.75. The van der Waals surface area contributed by atoms with Crippen LogP contribution in [0.4, 0.5) is 4.39 Å². The average Bonchev–Trinajstić information content (AvgIpc) is 3.36. The predicted octanol–water partition coefficient (Wildman–Crippen LogP) is 0.810. The minimum absolute atomic E-state index is 0.0182. The molecule has 1 aromatic rings. The van der Waals surface area contributed by atoms with Gasteiger partial charge in [-0.2, -0.15) is 0 Å². The fourth-order valence-electron chi connectivity index (χ4n) is 2.16. The highest BCUT2D eigenvalue weighted by molar-refractivity contribution is 6.30. The third kappa shape index (κ3) is 5.16. The van der Waals surface area contributed by atoms with E-state index in [9.17, 15) is 14.0 Å². The lowest BCUT2D eigenvalue weighted by molar-refractivity contribution is -0.136. The van der Waals surface area contributed by atoms with Gasteiger partial charge in [-0.3, -0.25) is 15.0 Å². The molecule has 0 spiro atoms. The van der Waals surface area contributed by atoms with Crippen LogP contribution in [0.3, 0.4) is 0 Å². The number of amides is 2. The van der Waals surface area contributed by atoms with Crippen LogP contribution in [-0.4, -0.2) is 42.9 Å². The highest BCUT2D eigenvalue weighted by Gasteiger charge is 2.33. The van der Waals surface area contributed by atoms with Gasteiger partial charge in [0.15, 0.2) is 0 Å². The largest absolute Gasteiger partial charge is 0.350 e. The monoisotopic (exact) mass is 342 g/mol. The average molecular weight is 343 g/mol. The van der Waals surface area contributed by atoms with Crippen molar-refractivity contribution in [1.82, 2.24) is 21.1 Å². The number of hydrazine groups is 1. The Labute approximate surface area is 139 Å². The summed E-state index contributed by atoms with van der Waals surface area (Å²) < 4.78 is 13.8. The normalized spacial score (nSPS) is 13.7. The van der Waals surface area contributed by atoms with Crippen molar-refractivity contribution >= 4 is 23.4 Å². The summed E-state index contributed by atoms with van der Waals surface area (Å²) in [7, 11) is 1.67. The Balaban J connectivity index is 1.87. The van der Waals surface area contributed by atoms with E-state index in [-0.39, 0.29) is 42.5 Å². The number of nitrogens with one attached hydrogen (secondary N) is 3. The van der Waals surface area contributed by atoms with Gasteiger partial charge >= 0.3 is 0 Å². The molecule has 0 unspecified atom stereocenters. The molecule has 0 saturated heterocycles. The van der Waals surface area contributed by atoms with Crippen LogP contribution in [-0.2, 0) is 16.1 Å². The molecule has 6 nitrogen and oxygen atoms in total. The van der Waals surface area contributed by atoms with Crippen molar-refractivity contribution in [2.75, 3.05) is 20.1 Å². The molecule has 126 valence electrons. The van der Waals surface area contributed by atoms with Gasteiger partial charge in [-0.15, -0.1) is 0 Å². The lowest BCUT2D eigenvalue weighted by Gasteiger charge is -2.22. The molecular formula is C15H20ClFN4O2. The Morgan fingerprint density at radius 3 is 2.78 bits per heavy atom. The number of carbonyl (C=O) groups is 2. The van der Waals surface area contributed by atoms with Crippen molar-refractivity contribution < 1.29 is 14.0 Å². The Bertz CT molecular complexity index is 581. The highest BCUT2D eigenvalue weighted by Crippen LogP contribution is 2.26. The minimum atomic E-state index is -0.539. The zero-order chi connectivity index (χ0) is 16.8. The predicted molar refractivity (Wildman–Crippen MR) is 85.1 cm³/mol. The quantitative estimate of drug-likeness (QED) is 0.611. The Morgan fingerprint density at radius 1 is 1.39 bits per heavy atom. The molecule has 1 aromatic carbocycles. The van der Waals surface area contributed by atoms with E-state index in [2.05, 4.69) is 16.2 Å². The summed E-state index contributed by atoms with van der Waals surface area (Å²) in [4.78, 5) is 25.6. The van der Waals surface area contributed by atoms with Crippen molar-refractivity contribution in [3.05, 3.63) is 34.6 Å². The molecule has 2 rings (SSSR count). The summed E-state index contributed by atoms with van der Waals surface area (Å²) in [6.07, 6.45) is 1.81. The molecule has 8 heteroatoms. The van der Waals surface area contributed by atoms with E-state index in [4.69, 9.17) is 11.6 Å². The summed E-state index contributed by atoms with van der Waals surface area (Å²) in [5, 5.41) is 2.64. The molecule has 3 N–H and O–H groups in total. The Hall–Kier alpha value is -1.70. The second kappa shape index (κ2) is 8.24. The van der Waals surface area contributed by atoms with Gasteiger partial charge in [0, 0.05) is 18.2 Å². The van der Waals surface area contributed by atoms with Gasteiger partial charge in [-0.1, -0.05) is 23.7 Å². The molecule has 1 aliphatic rings. The number of halogens is 2. The fourth-order valence-corrected chi connectivity index (χ4v) is 2.36. The van der Waals surface area contributed by atoms with Crippen LogP contribution in [0.2, 0.25) is 5.02 Å². The van der Waals surface area contributed by atoms with Crippen LogP contribution in [0, 0.1) is 5.82 Å². The number of rotatable bonds is 8. The van der Waals surface area contributed by atoms with Gasteiger partial charge in [0.2, 0.25) is 11.8 Å². The summed E-state index contributed by atoms with van der Waals surface area (Å²) in [6, 6.07) is 4.75. The van der Waals surface area contributed by atoms with E-state index in [1.165, 1.54) is 6.07 Å². The first-order valence-electron chi connectivity index (χ1n) is 7.41. The van der Waals surface area contributed by atoms with Crippen molar-refractivity contribution in [3.8, 4) is 0 Å². The van der Waals surface area contributed by atoms with E-state index in [0.29, 0.717) is 5.56 Å². The second-order valence-electron chi connectivity index (χ2n) is 5.35. The van der Waals surface area contributed by atoms with Gasteiger partial charge in [0.25, 0.3) is 0 Å². The van der Waals surface area contributed by atoms with Crippen molar-refractivity contribution in [1.29, 1.82) is 0 Å². The van der Waals surface area contributed by atoms with Gasteiger partial charge < -0.3 is 10.2 Å². The van der Waals surface area contributed by atoms with Crippen LogP contribution >= 0.6 is 11.6 Å². The minimum Gasteiger partial charge on any atom is -0.350 e. The standard InChI is InChI=1S/C15H20ClFN4O2/c1-18-20-8-14(23)21(11-5-6-11)9-13(22)19-7-10-3-2-4-12(16)15(10)17/h2-4,11,18,20H,5-9H2,1H3,(H,19,22). The maximum atomic E-state index is 13.8. The highest BCUT2D eigenvalue weighted by atomic mass is 35.5. The maximum absolute atomic E-state index is 13.8. The molecule has 0 bridgehead atoms. The van der Waals surface area contributed by atoms with Crippen molar-refractivity contribution in [2.45, 2.75) is 25.4 Å². The molecule has 0 atom stereocenters. The van der Waals surface area contributed by atoms with Crippen LogP contribution in [0.15, 0.2) is 18.2 Å². The van der Waals surface area contributed by atoms with Crippen LogP contribution < -0.4 is 16.2 Å². The first-order chi connectivity index (χ1) is 11.0.